The van der Waals surface area contributed by atoms with Gasteiger partial charge in [0.05, 0.1) is 19.0 Å². The number of amides is 3. The third-order valence-electron chi connectivity index (χ3n) is 4.48. The number of aromatic nitrogens is 2. The monoisotopic (exact) mass is 442 g/mol. The van der Waals surface area contributed by atoms with Crippen LogP contribution in [0.5, 0.6) is 0 Å². The van der Waals surface area contributed by atoms with Crippen LogP contribution in [0.1, 0.15) is 26.5 Å². The molecule has 1 aromatic rings. The van der Waals surface area contributed by atoms with Gasteiger partial charge in [0.25, 0.3) is 0 Å². The summed E-state index contributed by atoms with van der Waals surface area (Å²) >= 11 is 0. The van der Waals surface area contributed by atoms with E-state index in [1.807, 2.05) is 0 Å². The van der Waals surface area contributed by atoms with E-state index >= 15 is 0 Å². The van der Waals surface area contributed by atoms with Crippen LogP contribution in [0.4, 0.5) is 0 Å². The molecule has 0 bridgehead atoms. The molecule has 5 unspecified atom stereocenters. The van der Waals surface area contributed by atoms with Gasteiger partial charge in [-0.1, -0.05) is 13.8 Å². The van der Waals surface area contributed by atoms with E-state index in [9.17, 15) is 34.5 Å². The van der Waals surface area contributed by atoms with Crippen molar-refractivity contribution in [3.8, 4) is 0 Å². The number of imidazole rings is 1. The summed E-state index contributed by atoms with van der Waals surface area (Å²) < 4.78 is 0. The zero-order valence-electron chi connectivity index (χ0n) is 17.5. The van der Waals surface area contributed by atoms with Crippen molar-refractivity contribution < 1.29 is 34.5 Å². The Bertz CT molecular complexity index is 753. The first-order valence-corrected chi connectivity index (χ1v) is 9.63. The fraction of sp³-hybridized carbons (Fsp3) is 0.611. The van der Waals surface area contributed by atoms with Gasteiger partial charge in [-0.2, -0.15) is 0 Å². The molecule has 13 heteroatoms. The second kappa shape index (κ2) is 12.0. The van der Waals surface area contributed by atoms with Crippen LogP contribution >= 0.6 is 0 Å². The number of rotatable bonds is 12. The number of carboxylic acid groups (broad SMARTS) is 1. The van der Waals surface area contributed by atoms with Crippen molar-refractivity contribution in [2.45, 2.75) is 57.5 Å². The van der Waals surface area contributed by atoms with Crippen molar-refractivity contribution in [1.29, 1.82) is 0 Å². The molecule has 3 amide bonds. The van der Waals surface area contributed by atoms with Crippen LogP contribution in [0.2, 0.25) is 0 Å². The summed E-state index contributed by atoms with van der Waals surface area (Å²) in [6.07, 6.45) is 1.57. The zero-order chi connectivity index (χ0) is 23.7. The minimum Gasteiger partial charge on any atom is -0.480 e. The molecule has 0 saturated carbocycles. The lowest BCUT2D eigenvalue weighted by atomic mass is 10.0. The van der Waals surface area contributed by atoms with Crippen molar-refractivity contribution in [1.82, 2.24) is 25.9 Å². The third-order valence-corrected chi connectivity index (χ3v) is 4.48. The second-order valence-electron chi connectivity index (χ2n) is 7.42. The summed E-state index contributed by atoms with van der Waals surface area (Å²) in [5.41, 5.74) is 5.99. The molecule has 0 aliphatic carbocycles. The highest BCUT2D eigenvalue weighted by molar-refractivity contribution is 5.94. The number of carbonyl (C=O) groups is 4. The predicted octanol–water partition coefficient (Wildman–Crippen LogP) is -3.15. The van der Waals surface area contributed by atoms with E-state index < -0.39 is 66.5 Å². The molecule has 1 heterocycles. The molecule has 0 fully saturated rings. The average Bonchev–Trinajstić information content (AvgIpc) is 3.21. The van der Waals surface area contributed by atoms with Gasteiger partial charge in [0, 0.05) is 18.3 Å². The lowest BCUT2D eigenvalue weighted by molar-refractivity contribution is -0.142. The van der Waals surface area contributed by atoms with E-state index in [2.05, 4.69) is 25.9 Å². The lowest BCUT2D eigenvalue weighted by Crippen LogP contribution is -2.60. The number of nitrogens with zero attached hydrogens (tertiary/aromatic N) is 1. The number of hydrogen-bond donors (Lipinski definition) is 8. The van der Waals surface area contributed by atoms with Gasteiger partial charge in [0.15, 0.2) is 0 Å². The highest BCUT2D eigenvalue weighted by Crippen LogP contribution is 2.06. The number of nitrogens with one attached hydrogen (secondary N) is 4. The summed E-state index contributed by atoms with van der Waals surface area (Å²) in [6.45, 7) is 3.77. The molecule has 5 atom stereocenters. The van der Waals surface area contributed by atoms with Crippen LogP contribution in [0, 0.1) is 5.92 Å². The van der Waals surface area contributed by atoms with Crippen LogP contribution in [-0.4, -0.2) is 85.9 Å². The zero-order valence-corrected chi connectivity index (χ0v) is 17.5. The number of aromatic amines is 1. The molecule has 9 N–H and O–H groups in total. The molecule has 0 saturated heterocycles. The van der Waals surface area contributed by atoms with Crippen LogP contribution in [-0.2, 0) is 25.6 Å². The van der Waals surface area contributed by atoms with Gasteiger partial charge in [-0.15, -0.1) is 0 Å². The largest absolute Gasteiger partial charge is 0.480 e. The summed E-state index contributed by atoms with van der Waals surface area (Å²) in [5, 5.41) is 35.2. The number of nitrogens with two attached hydrogens (primary N) is 1. The van der Waals surface area contributed by atoms with Crippen molar-refractivity contribution in [2.24, 2.45) is 11.7 Å². The van der Waals surface area contributed by atoms with Gasteiger partial charge in [-0.05, 0) is 12.8 Å². The van der Waals surface area contributed by atoms with Gasteiger partial charge < -0.3 is 42.0 Å². The second-order valence-corrected chi connectivity index (χ2v) is 7.42. The number of carbonyl (C=O) groups excluding carboxylic acids is 3. The van der Waals surface area contributed by atoms with Gasteiger partial charge in [0.2, 0.25) is 17.7 Å². The molecule has 0 aliphatic heterocycles. The number of carboxylic acids is 1. The number of aliphatic hydroxyl groups excluding tert-OH is 2. The van der Waals surface area contributed by atoms with Crippen LogP contribution in [0.3, 0.4) is 0 Å². The van der Waals surface area contributed by atoms with E-state index in [1.54, 1.807) is 13.8 Å². The lowest BCUT2D eigenvalue weighted by Gasteiger charge is -2.26. The highest BCUT2D eigenvalue weighted by atomic mass is 16.4. The summed E-state index contributed by atoms with van der Waals surface area (Å²) in [7, 11) is 0. The van der Waals surface area contributed by atoms with Gasteiger partial charge in [0.1, 0.15) is 24.2 Å². The highest BCUT2D eigenvalue weighted by Gasteiger charge is 2.32. The quantitative estimate of drug-likeness (QED) is 0.163. The van der Waals surface area contributed by atoms with Gasteiger partial charge >= 0.3 is 5.97 Å². The number of aliphatic carboxylic acids is 1. The minimum atomic E-state index is -1.42. The van der Waals surface area contributed by atoms with Gasteiger partial charge in [-0.25, -0.2) is 9.78 Å². The molecule has 1 rings (SSSR count). The molecule has 13 nitrogen and oxygen atoms in total. The molecule has 0 aliphatic rings. The summed E-state index contributed by atoms with van der Waals surface area (Å²) in [6, 6.07) is -5.16. The van der Waals surface area contributed by atoms with E-state index in [0.29, 0.717) is 5.69 Å². The van der Waals surface area contributed by atoms with Crippen molar-refractivity contribution in [2.75, 3.05) is 6.61 Å². The Balaban J connectivity index is 2.84. The maximum Gasteiger partial charge on any atom is 0.326 e. The third kappa shape index (κ3) is 7.96. The van der Waals surface area contributed by atoms with E-state index in [1.165, 1.54) is 19.4 Å². The number of aliphatic hydroxyl groups is 2. The first-order valence-electron chi connectivity index (χ1n) is 9.63. The van der Waals surface area contributed by atoms with Crippen LogP contribution in [0.25, 0.3) is 0 Å². The topological polar surface area (TPSA) is 220 Å². The standard InChI is InChI=1S/C18H30N6O7/c1-8(2)14(17(29)22-11(18(30)31)4-10-5-20-7-21-10)24-15(27)12(6-25)23-16(28)13(19)9(3)26/h5,7-9,11-14,25-26H,4,6,19H2,1-3H3,(H,20,21)(H,22,29)(H,23,28)(H,24,27)(H,30,31). The Morgan fingerprint density at radius 2 is 1.68 bits per heavy atom. The Morgan fingerprint density at radius 1 is 1.06 bits per heavy atom. The van der Waals surface area contributed by atoms with Crippen LogP contribution in [0.15, 0.2) is 12.5 Å². The Morgan fingerprint density at radius 3 is 2.13 bits per heavy atom. The van der Waals surface area contributed by atoms with Crippen molar-refractivity contribution in [3.05, 3.63) is 18.2 Å². The normalized spacial score (nSPS) is 16.0. The van der Waals surface area contributed by atoms with Gasteiger partial charge in [-0.3, -0.25) is 14.4 Å². The number of H-pyrrole nitrogens is 1. The molecule has 174 valence electrons. The smallest absolute Gasteiger partial charge is 0.326 e. The summed E-state index contributed by atoms with van der Waals surface area (Å²) in [4.78, 5) is 55.2. The first kappa shape index (κ1) is 26.0. The Labute approximate surface area is 178 Å². The fourth-order valence-corrected chi connectivity index (χ4v) is 2.55. The van der Waals surface area contributed by atoms with E-state index in [4.69, 9.17) is 5.73 Å². The molecule has 0 aromatic carbocycles. The molecule has 0 radical (unpaired) electrons. The van der Waals surface area contributed by atoms with Crippen LogP contribution < -0.4 is 21.7 Å². The average molecular weight is 442 g/mol. The molecule has 31 heavy (non-hydrogen) atoms. The van der Waals surface area contributed by atoms with Crippen molar-refractivity contribution in [3.63, 3.8) is 0 Å². The first-order chi connectivity index (χ1) is 14.5. The fourth-order valence-electron chi connectivity index (χ4n) is 2.55. The minimum absolute atomic E-state index is 0.0492. The van der Waals surface area contributed by atoms with E-state index in [-0.39, 0.29) is 6.42 Å². The SMILES string of the molecule is CC(C)C(NC(=O)C(CO)NC(=O)C(N)C(C)O)C(=O)NC(Cc1cnc[nH]1)C(=O)O. The molecule has 1 aromatic heterocycles. The molecular weight excluding hydrogens is 412 g/mol. The molecule has 0 spiro atoms. The van der Waals surface area contributed by atoms with Crippen molar-refractivity contribution >= 4 is 23.7 Å². The maximum absolute atomic E-state index is 12.7. The maximum atomic E-state index is 12.7. The Kier molecular flexibility index (Phi) is 10.0. The Hall–Kier alpha value is -3.03. The summed E-state index contributed by atoms with van der Waals surface area (Å²) in [5.74, 6) is -4.20. The molecular formula is C18H30N6O7. The van der Waals surface area contributed by atoms with E-state index in [0.717, 1.165) is 0 Å². The number of hydrogen-bond acceptors (Lipinski definition) is 8. The predicted molar refractivity (Wildman–Crippen MR) is 107 cm³/mol.